The molecular weight excluding hydrogens is 163 g/mol. The maximum atomic E-state index is 9.81. The van der Waals surface area contributed by atoms with Crippen LogP contribution in [0.1, 0.15) is 13.8 Å². The molecule has 0 saturated carbocycles. The second-order valence-electron chi connectivity index (χ2n) is 1.09. The summed E-state index contributed by atoms with van der Waals surface area (Å²) in [6.07, 6.45) is 0. The Labute approximate surface area is 61.8 Å². The van der Waals surface area contributed by atoms with Crippen LogP contribution in [0.4, 0.5) is 0 Å². The number of hydrogen-bond acceptors (Lipinski definition) is 4. The molecule has 0 fully saturated rings. The van der Waals surface area contributed by atoms with Crippen molar-refractivity contribution in [3.05, 3.63) is 0 Å². The van der Waals surface area contributed by atoms with Gasteiger partial charge in [-0.15, -0.1) is 0 Å². The van der Waals surface area contributed by atoms with E-state index in [1.807, 2.05) is 0 Å². The van der Waals surface area contributed by atoms with E-state index in [9.17, 15) is 9.59 Å². The van der Waals surface area contributed by atoms with Gasteiger partial charge >= 0.3 is 33.0 Å². The van der Waals surface area contributed by atoms with Crippen molar-refractivity contribution in [2.24, 2.45) is 0 Å². The summed E-state index contributed by atoms with van der Waals surface area (Å²) in [7, 11) is 0. The van der Waals surface area contributed by atoms with Crippen molar-refractivity contribution in [3.8, 4) is 0 Å². The zero-order valence-corrected chi connectivity index (χ0v) is 6.48. The molecule has 0 radical (unpaired) electrons. The fourth-order valence-electron chi connectivity index (χ4n) is 0.202. The first-order valence-electron chi connectivity index (χ1n) is 2.00. The Morgan fingerprint density at radius 2 is 1.33 bits per heavy atom. The summed E-state index contributed by atoms with van der Waals surface area (Å²) in [6, 6.07) is 0. The molecule has 0 unspecified atom stereocenters. The molecule has 0 aliphatic rings. The third kappa shape index (κ3) is 18.5. The first-order chi connectivity index (χ1) is 4.13. The van der Waals surface area contributed by atoms with Crippen molar-refractivity contribution in [2.75, 3.05) is 0 Å². The molecule has 0 saturated heterocycles. The Bertz CT molecular complexity index is 99.1. The minimum absolute atomic E-state index is 0.562. The zero-order chi connectivity index (χ0) is 7.86. The number of rotatable bonds is 0. The van der Waals surface area contributed by atoms with Gasteiger partial charge in [-0.05, 0) is 0 Å². The van der Waals surface area contributed by atoms with E-state index in [0.29, 0.717) is 0 Å². The molecule has 5 heteroatoms. The molecule has 0 bridgehead atoms. The summed E-state index contributed by atoms with van der Waals surface area (Å²) in [6.45, 7) is 2.36. The van der Waals surface area contributed by atoms with Gasteiger partial charge in [0, 0.05) is 13.8 Å². The van der Waals surface area contributed by atoms with Crippen molar-refractivity contribution in [2.45, 2.75) is 13.8 Å². The van der Waals surface area contributed by atoms with Gasteiger partial charge in [-0.2, -0.15) is 0 Å². The summed E-state index contributed by atoms with van der Waals surface area (Å²) in [5.74, 6) is -1.12. The van der Waals surface area contributed by atoms with Crippen molar-refractivity contribution in [1.82, 2.24) is 0 Å². The average molecular weight is 169 g/mol. The van der Waals surface area contributed by atoms with Gasteiger partial charge in [0.1, 0.15) is 0 Å². The normalized spacial score (nSPS) is 6.33. The van der Waals surface area contributed by atoms with E-state index in [4.69, 9.17) is 3.67 Å². The predicted octanol–water partition coefficient (Wildman–Crippen LogP) is -0.0253. The summed E-state index contributed by atoms with van der Waals surface area (Å²) in [4.78, 5) is 19.6. The molecular formula is C4H6O4V. The van der Waals surface area contributed by atoms with Crippen LogP contribution in [0, 0.1) is 0 Å². The van der Waals surface area contributed by atoms with Crippen LogP contribution in [-0.4, -0.2) is 11.9 Å². The van der Waals surface area contributed by atoms with E-state index in [2.05, 4.69) is 4.74 Å². The van der Waals surface area contributed by atoms with Crippen LogP contribution >= 0.6 is 0 Å². The number of esters is 2. The van der Waals surface area contributed by atoms with Gasteiger partial charge < -0.3 is 4.74 Å². The van der Waals surface area contributed by atoms with Crippen LogP contribution in [0.15, 0.2) is 0 Å². The molecule has 9 heavy (non-hydrogen) atoms. The van der Waals surface area contributed by atoms with Crippen molar-refractivity contribution >= 4 is 11.9 Å². The van der Waals surface area contributed by atoms with E-state index < -0.39 is 11.9 Å². The van der Waals surface area contributed by atoms with E-state index in [0.717, 1.165) is 17.4 Å². The summed E-state index contributed by atoms with van der Waals surface area (Å²) in [5.41, 5.74) is 0. The molecule has 0 aliphatic carbocycles. The Morgan fingerprint density at radius 3 is 1.33 bits per heavy atom. The molecule has 0 spiro atoms. The number of carbonyl (C=O) groups excluding carboxylic acids is 2. The summed E-state index contributed by atoms with van der Waals surface area (Å²) >= 11 is 1.06. The third-order valence-corrected chi connectivity index (χ3v) is 0.287. The Hall–Kier alpha value is -0.476. The fraction of sp³-hybridized carbons (Fsp3) is 0.500. The molecule has 4 nitrogen and oxygen atoms in total. The predicted molar refractivity (Wildman–Crippen MR) is 23.1 cm³/mol. The second-order valence-corrected chi connectivity index (χ2v) is 1.09. The van der Waals surface area contributed by atoms with Gasteiger partial charge in [0.2, 0.25) is 0 Å². The molecule has 0 rings (SSSR count). The first kappa shape index (κ1) is 11.3. The van der Waals surface area contributed by atoms with Crippen LogP contribution < -0.4 is 0 Å². The van der Waals surface area contributed by atoms with Crippen molar-refractivity contribution < 1.29 is 35.4 Å². The topological polar surface area (TPSA) is 60.4 Å². The fourth-order valence-corrected chi connectivity index (χ4v) is 0.202. The van der Waals surface area contributed by atoms with Gasteiger partial charge in [-0.1, -0.05) is 0 Å². The maximum absolute atomic E-state index is 9.81. The zero-order valence-electron chi connectivity index (χ0n) is 5.08. The van der Waals surface area contributed by atoms with E-state index in [-0.39, 0.29) is 0 Å². The molecule has 0 N–H and O–H groups in total. The Morgan fingerprint density at radius 1 is 1.11 bits per heavy atom. The number of ether oxygens (including phenoxy) is 1. The van der Waals surface area contributed by atoms with Crippen LogP contribution in [0.25, 0.3) is 0 Å². The standard InChI is InChI=1S/C4H6O3.O.V/c1-3(5)7-4(2)6;;/h1-2H3;;. The Kier molecular flexibility index (Phi) is 9.48. The second kappa shape index (κ2) is 7.52. The summed E-state index contributed by atoms with van der Waals surface area (Å²) in [5, 5.41) is 0. The number of hydrogen-bond donors (Lipinski definition) is 0. The molecule has 0 heterocycles. The van der Waals surface area contributed by atoms with Gasteiger partial charge in [0.25, 0.3) is 0 Å². The van der Waals surface area contributed by atoms with Crippen LogP contribution in [0.5, 0.6) is 0 Å². The van der Waals surface area contributed by atoms with Crippen LogP contribution in [0.3, 0.4) is 0 Å². The van der Waals surface area contributed by atoms with Crippen molar-refractivity contribution in [1.29, 1.82) is 0 Å². The van der Waals surface area contributed by atoms with Crippen LogP contribution in [-0.2, 0) is 35.4 Å². The first-order valence-corrected chi connectivity index (χ1v) is 2.57. The van der Waals surface area contributed by atoms with Crippen molar-refractivity contribution in [3.63, 3.8) is 0 Å². The molecule has 0 atom stereocenters. The van der Waals surface area contributed by atoms with Gasteiger partial charge in [-0.25, -0.2) is 0 Å². The monoisotopic (exact) mass is 169 g/mol. The van der Waals surface area contributed by atoms with Gasteiger partial charge in [0.15, 0.2) is 0 Å². The minimum atomic E-state index is -0.562. The van der Waals surface area contributed by atoms with Gasteiger partial charge in [-0.3, -0.25) is 9.59 Å². The van der Waals surface area contributed by atoms with E-state index in [1.54, 1.807) is 0 Å². The quantitative estimate of drug-likeness (QED) is 0.377. The third-order valence-electron chi connectivity index (χ3n) is 0.287. The van der Waals surface area contributed by atoms with Crippen LogP contribution in [0.2, 0.25) is 0 Å². The molecule has 0 amide bonds. The molecule has 51 valence electrons. The molecule has 0 aromatic carbocycles. The summed E-state index contributed by atoms with van der Waals surface area (Å²) < 4.78 is 12.2. The average Bonchev–Trinajstić information content (AvgIpc) is 1.68. The molecule has 0 aliphatic heterocycles. The number of carbonyl (C=O) groups is 2. The SMILES string of the molecule is CC(=O)OC(C)=O.[O]=[V]. The molecule has 0 aromatic heterocycles. The molecule has 0 aromatic rings. The van der Waals surface area contributed by atoms with Gasteiger partial charge in [0.05, 0.1) is 0 Å². The van der Waals surface area contributed by atoms with E-state index >= 15 is 0 Å². The van der Waals surface area contributed by atoms with E-state index in [1.165, 1.54) is 13.8 Å². The Balaban J connectivity index is 0.